The summed E-state index contributed by atoms with van der Waals surface area (Å²) in [6.07, 6.45) is 5.29. The fourth-order valence-electron chi connectivity index (χ4n) is 3.23. The van der Waals surface area contributed by atoms with E-state index in [1.165, 1.54) is 0 Å². The van der Waals surface area contributed by atoms with Crippen molar-refractivity contribution in [3.05, 3.63) is 120 Å². The number of hydrogen-bond acceptors (Lipinski definition) is 3. The Kier molecular flexibility index (Phi) is 6.11. The van der Waals surface area contributed by atoms with Gasteiger partial charge in [0.05, 0.1) is 11.7 Å². The van der Waals surface area contributed by atoms with Crippen molar-refractivity contribution in [2.45, 2.75) is 12.6 Å². The summed E-state index contributed by atoms with van der Waals surface area (Å²) < 4.78 is 0. The van der Waals surface area contributed by atoms with Crippen LogP contribution in [0.15, 0.2) is 104 Å². The van der Waals surface area contributed by atoms with Gasteiger partial charge < -0.3 is 10.6 Å². The van der Waals surface area contributed by atoms with Gasteiger partial charge in [-0.3, -0.25) is 9.97 Å². The van der Waals surface area contributed by atoms with Crippen molar-refractivity contribution in [3.8, 4) is 11.3 Å². The number of pyridine rings is 2. The summed E-state index contributed by atoms with van der Waals surface area (Å²) in [5, 5.41) is 6.00. The maximum Gasteiger partial charge on any atom is 0.315 e. The summed E-state index contributed by atoms with van der Waals surface area (Å²) in [5.41, 5.74) is 4.80. The zero-order valence-corrected chi connectivity index (χ0v) is 16.4. The highest BCUT2D eigenvalue weighted by atomic mass is 16.2. The van der Waals surface area contributed by atoms with Crippen LogP contribution in [-0.4, -0.2) is 16.0 Å². The molecule has 4 aromatic rings. The predicted molar refractivity (Wildman–Crippen MR) is 118 cm³/mol. The second kappa shape index (κ2) is 9.47. The first-order valence-corrected chi connectivity index (χ1v) is 9.79. The fourth-order valence-corrected chi connectivity index (χ4v) is 3.23. The first kappa shape index (κ1) is 19.3. The number of aromatic nitrogens is 2. The topological polar surface area (TPSA) is 66.9 Å². The van der Waals surface area contributed by atoms with Crippen LogP contribution in [-0.2, 0) is 6.54 Å². The van der Waals surface area contributed by atoms with E-state index < -0.39 is 0 Å². The second-order valence-corrected chi connectivity index (χ2v) is 6.87. The SMILES string of the molecule is O=C(NCc1ccc(-c2cccnc2)nc1)NC(c1ccccc1)c1ccccc1. The molecule has 2 amide bonds. The summed E-state index contributed by atoms with van der Waals surface area (Å²) in [4.78, 5) is 21.2. The van der Waals surface area contributed by atoms with Crippen molar-refractivity contribution in [1.29, 1.82) is 0 Å². The van der Waals surface area contributed by atoms with Crippen LogP contribution in [0.25, 0.3) is 11.3 Å². The van der Waals surface area contributed by atoms with E-state index in [4.69, 9.17) is 0 Å². The van der Waals surface area contributed by atoms with Crippen molar-refractivity contribution >= 4 is 6.03 Å². The summed E-state index contributed by atoms with van der Waals surface area (Å²) in [5.74, 6) is 0. The number of hydrogen-bond donors (Lipinski definition) is 2. The summed E-state index contributed by atoms with van der Waals surface area (Å²) in [7, 11) is 0. The Bertz CT molecular complexity index is 1030. The summed E-state index contributed by atoms with van der Waals surface area (Å²) in [6.45, 7) is 0.391. The second-order valence-electron chi connectivity index (χ2n) is 6.87. The van der Waals surface area contributed by atoms with Crippen molar-refractivity contribution in [1.82, 2.24) is 20.6 Å². The van der Waals surface area contributed by atoms with Crippen LogP contribution in [0.5, 0.6) is 0 Å². The molecular formula is C25H22N4O. The highest BCUT2D eigenvalue weighted by molar-refractivity contribution is 5.75. The van der Waals surface area contributed by atoms with Gasteiger partial charge in [-0.25, -0.2) is 4.79 Å². The zero-order chi connectivity index (χ0) is 20.6. The summed E-state index contributed by atoms with van der Waals surface area (Å²) >= 11 is 0. The number of benzene rings is 2. The van der Waals surface area contributed by atoms with E-state index in [9.17, 15) is 4.79 Å². The Labute approximate surface area is 175 Å². The zero-order valence-electron chi connectivity index (χ0n) is 16.4. The lowest BCUT2D eigenvalue weighted by Gasteiger charge is -2.20. The molecule has 5 heteroatoms. The summed E-state index contributed by atoms with van der Waals surface area (Å²) in [6, 6.07) is 27.2. The molecule has 0 aliphatic carbocycles. The average molecular weight is 394 g/mol. The van der Waals surface area contributed by atoms with E-state index in [2.05, 4.69) is 20.6 Å². The normalized spacial score (nSPS) is 10.6. The van der Waals surface area contributed by atoms with E-state index in [1.807, 2.05) is 84.9 Å². The Morgan fingerprint density at radius 1 is 0.800 bits per heavy atom. The highest BCUT2D eigenvalue weighted by Gasteiger charge is 2.16. The minimum absolute atomic E-state index is 0.224. The lowest BCUT2D eigenvalue weighted by atomic mass is 9.99. The van der Waals surface area contributed by atoms with Gasteiger partial charge in [-0.15, -0.1) is 0 Å². The molecule has 4 rings (SSSR count). The smallest absolute Gasteiger partial charge is 0.315 e. The predicted octanol–water partition coefficient (Wildman–Crippen LogP) is 4.73. The third-order valence-corrected chi connectivity index (χ3v) is 4.78. The Morgan fingerprint density at radius 3 is 2.07 bits per heavy atom. The number of carbonyl (C=O) groups is 1. The van der Waals surface area contributed by atoms with Gasteiger partial charge >= 0.3 is 6.03 Å². The molecule has 0 spiro atoms. The van der Waals surface area contributed by atoms with Crippen LogP contribution < -0.4 is 10.6 Å². The largest absolute Gasteiger partial charge is 0.334 e. The molecule has 2 aromatic carbocycles. The van der Waals surface area contributed by atoms with Gasteiger partial charge in [-0.1, -0.05) is 66.7 Å². The van der Waals surface area contributed by atoms with Gasteiger partial charge in [0, 0.05) is 30.7 Å². The van der Waals surface area contributed by atoms with Crippen LogP contribution >= 0.6 is 0 Å². The van der Waals surface area contributed by atoms with E-state index in [-0.39, 0.29) is 12.1 Å². The molecule has 2 N–H and O–H groups in total. The molecule has 0 saturated heterocycles. The molecular weight excluding hydrogens is 372 g/mol. The van der Waals surface area contributed by atoms with Gasteiger partial charge in [0.25, 0.3) is 0 Å². The van der Waals surface area contributed by atoms with E-state index >= 15 is 0 Å². The monoisotopic (exact) mass is 394 g/mol. The number of nitrogens with zero attached hydrogens (tertiary/aromatic N) is 2. The van der Waals surface area contributed by atoms with Crippen LogP contribution in [0.3, 0.4) is 0 Å². The number of rotatable bonds is 6. The standard InChI is InChI=1S/C25H22N4O/c30-25(28-17-19-13-14-23(27-16-19)22-12-7-15-26-18-22)29-24(20-8-3-1-4-9-20)21-10-5-2-6-11-21/h1-16,18,24H,17H2,(H2,28,29,30). The lowest BCUT2D eigenvalue weighted by molar-refractivity contribution is 0.238. The molecule has 0 unspecified atom stereocenters. The van der Waals surface area contributed by atoms with Gasteiger partial charge in [0.15, 0.2) is 0 Å². The van der Waals surface area contributed by atoms with Crippen LogP contribution in [0, 0.1) is 0 Å². The van der Waals surface area contributed by atoms with Gasteiger partial charge in [-0.2, -0.15) is 0 Å². The molecule has 0 atom stereocenters. The first-order chi connectivity index (χ1) is 14.8. The minimum atomic E-state index is -0.232. The molecule has 0 saturated carbocycles. The highest BCUT2D eigenvalue weighted by Crippen LogP contribution is 2.21. The molecule has 5 nitrogen and oxygen atoms in total. The van der Waals surface area contributed by atoms with E-state index in [0.717, 1.165) is 27.9 Å². The van der Waals surface area contributed by atoms with Crippen molar-refractivity contribution in [2.24, 2.45) is 0 Å². The molecule has 0 bridgehead atoms. The Hall–Kier alpha value is -3.99. The maximum atomic E-state index is 12.6. The third kappa shape index (κ3) is 4.89. The molecule has 30 heavy (non-hydrogen) atoms. The lowest BCUT2D eigenvalue weighted by Crippen LogP contribution is -2.38. The van der Waals surface area contributed by atoms with Crippen LogP contribution in [0.2, 0.25) is 0 Å². The fraction of sp³-hybridized carbons (Fsp3) is 0.0800. The van der Waals surface area contributed by atoms with E-state index in [1.54, 1.807) is 18.6 Å². The number of carbonyl (C=O) groups excluding carboxylic acids is 1. The van der Waals surface area contributed by atoms with Crippen molar-refractivity contribution in [2.75, 3.05) is 0 Å². The molecule has 0 radical (unpaired) electrons. The molecule has 0 fully saturated rings. The first-order valence-electron chi connectivity index (χ1n) is 9.79. The van der Waals surface area contributed by atoms with Crippen LogP contribution in [0.1, 0.15) is 22.7 Å². The molecule has 2 heterocycles. The molecule has 0 aliphatic rings. The maximum absolute atomic E-state index is 12.6. The average Bonchev–Trinajstić information content (AvgIpc) is 2.83. The minimum Gasteiger partial charge on any atom is -0.334 e. The Morgan fingerprint density at radius 2 is 1.50 bits per heavy atom. The van der Waals surface area contributed by atoms with E-state index in [0.29, 0.717) is 6.54 Å². The number of nitrogens with one attached hydrogen (secondary N) is 2. The molecule has 2 aromatic heterocycles. The Balaban J connectivity index is 1.40. The molecule has 148 valence electrons. The van der Waals surface area contributed by atoms with Crippen molar-refractivity contribution < 1.29 is 4.79 Å². The third-order valence-electron chi connectivity index (χ3n) is 4.78. The van der Waals surface area contributed by atoms with Crippen LogP contribution in [0.4, 0.5) is 4.79 Å². The number of amides is 2. The van der Waals surface area contributed by atoms with Gasteiger partial charge in [0.2, 0.25) is 0 Å². The van der Waals surface area contributed by atoms with Gasteiger partial charge in [-0.05, 0) is 34.9 Å². The van der Waals surface area contributed by atoms with Gasteiger partial charge in [0.1, 0.15) is 0 Å². The number of urea groups is 1. The molecule has 0 aliphatic heterocycles. The van der Waals surface area contributed by atoms with Crippen molar-refractivity contribution in [3.63, 3.8) is 0 Å². The quantitative estimate of drug-likeness (QED) is 0.497.